The molecule has 0 aliphatic carbocycles. The normalized spacial score (nSPS) is 11.7. The van der Waals surface area contributed by atoms with E-state index in [-0.39, 0.29) is 17.0 Å². The number of aliphatic carboxylic acids is 1. The molecule has 1 atom stereocenters. The molecule has 0 saturated heterocycles. The summed E-state index contributed by atoms with van der Waals surface area (Å²) < 4.78 is 0. The highest BCUT2D eigenvalue weighted by Crippen LogP contribution is 2.28. The SMILES string of the molecule is CCC(NC(=O)c1cccc(Cl)c1[N+](=O)[O-])C(=O)O. The molecule has 0 radical (unpaired) electrons. The van der Waals surface area contributed by atoms with Crippen molar-refractivity contribution < 1.29 is 19.6 Å². The summed E-state index contributed by atoms with van der Waals surface area (Å²) in [5.74, 6) is -2.05. The molecule has 0 aromatic heterocycles. The van der Waals surface area contributed by atoms with Gasteiger partial charge in [-0.3, -0.25) is 14.9 Å². The molecule has 2 N–H and O–H groups in total. The molecule has 1 aromatic carbocycles. The van der Waals surface area contributed by atoms with E-state index in [1.54, 1.807) is 6.92 Å². The van der Waals surface area contributed by atoms with Gasteiger partial charge in [0, 0.05) is 0 Å². The van der Waals surface area contributed by atoms with Crippen LogP contribution in [0, 0.1) is 10.1 Å². The molecule has 0 heterocycles. The van der Waals surface area contributed by atoms with Gasteiger partial charge in [0.2, 0.25) is 0 Å². The number of para-hydroxylation sites is 1. The molecule has 1 aromatic rings. The number of amides is 1. The Hall–Kier alpha value is -2.15. The van der Waals surface area contributed by atoms with Crippen LogP contribution >= 0.6 is 11.6 Å². The Morgan fingerprint density at radius 1 is 1.53 bits per heavy atom. The number of nitro groups is 1. The Morgan fingerprint density at radius 3 is 2.63 bits per heavy atom. The van der Waals surface area contributed by atoms with Crippen LogP contribution in [-0.2, 0) is 4.79 Å². The van der Waals surface area contributed by atoms with Gasteiger partial charge in [-0.25, -0.2) is 4.79 Å². The van der Waals surface area contributed by atoms with E-state index >= 15 is 0 Å². The number of carbonyl (C=O) groups is 2. The molecule has 1 rings (SSSR count). The van der Waals surface area contributed by atoms with Crippen LogP contribution in [0.4, 0.5) is 5.69 Å². The van der Waals surface area contributed by atoms with Crippen molar-refractivity contribution in [2.75, 3.05) is 0 Å². The minimum atomic E-state index is -1.21. The number of carboxylic acid groups (broad SMARTS) is 1. The average Bonchev–Trinajstić information content (AvgIpc) is 2.34. The minimum absolute atomic E-state index is 0.162. The molecular formula is C11H11ClN2O5. The fourth-order valence-corrected chi connectivity index (χ4v) is 1.70. The highest BCUT2D eigenvalue weighted by molar-refractivity contribution is 6.33. The Labute approximate surface area is 113 Å². The van der Waals surface area contributed by atoms with Crippen LogP contribution in [0.15, 0.2) is 18.2 Å². The highest BCUT2D eigenvalue weighted by atomic mass is 35.5. The summed E-state index contributed by atoms with van der Waals surface area (Å²) in [4.78, 5) is 32.7. The summed E-state index contributed by atoms with van der Waals surface area (Å²) in [5.41, 5.74) is -0.806. The topological polar surface area (TPSA) is 110 Å². The van der Waals surface area contributed by atoms with Crippen molar-refractivity contribution in [3.63, 3.8) is 0 Å². The van der Waals surface area contributed by atoms with E-state index in [0.29, 0.717) is 0 Å². The first kappa shape index (κ1) is 14.9. The fourth-order valence-electron chi connectivity index (χ4n) is 1.46. The zero-order valence-electron chi connectivity index (χ0n) is 9.92. The van der Waals surface area contributed by atoms with E-state index in [2.05, 4.69) is 5.32 Å². The Morgan fingerprint density at radius 2 is 2.16 bits per heavy atom. The number of hydrogen-bond acceptors (Lipinski definition) is 4. The van der Waals surface area contributed by atoms with E-state index in [1.807, 2.05) is 0 Å². The van der Waals surface area contributed by atoms with Gasteiger partial charge < -0.3 is 10.4 Å². The maximum atomic E-state index is 11.9. The molecule has 0 spiro atoms. The van der Waals surface area contributed by atoms with Crippen LogP contribution < -0.4 is 5.32 Å². The molecule has 102 valence electrons. The lowest BCUT2D eigenvalue weighted by Crippen LogP contribution is -2.40. The summed E-state index contributed by atoms with van der Waals surface area (Å²) >= 11 is 5.66. The van der Waals surface area contributed by atoms with Gasteiger partial charge in [-0.05, 0) is 18.6 Å². The van der Waals surface area contributed by atoms with Crippen LogP contribution in [0.2, 0.25) is 5.02 Å². The van der Waals surface area contributed by atoms with Crippen LogP contribution in [0.1, 0.15) is 23.7 Å². The molecule has 0 fully saturated rings. The summed E-state index contributed by atoms with van der Waals surface area (Å²) in [7, 11) is 0. The van der Waals surface area contributed by atoms with E-state index in [0.717, 1.165) is 0 Å². The molecule has 1 unspecified atom stereocenters. The van der Waals surface area contributed by atoms with Crippen molar-refractivity contribution in [1.82, 2.24) is 5.32 Å². The Bertz CT molecular complexity index is 532. The summed E-state index contributed by atoms with van der Waals surface area (Å²) in [6.45, 7) is 1.57. The predicted octanol–water partition coefficient (Wildman–Crippen LogP) is 1.84. The minimum Gasteiger partial charge on any atom is -0.480 e. The zero-order chi connectivity index (χ0) is 14.6. The lowest BCUT2D eigenvalue weighted by Gasteiger charge is -2.12. The molecule has 0 saturated carbocycles. The number of carbonyl (C=O) groups excluding carboxylic acids is 1. The summed E-state index contributed by atoms with van der Waals surface area (Å²) in [5, 5.41) is 21.7. The van der Waals surface area contributed by atoms with Crippen LogP contribution in [0.3, 0.4) is 0 Å². The van der Waals surface area contributed by atoms with Crippen molar-refractivity contribution in [1.29, 1.82) is 0 Å². The van der Waals surface area contributed by atoms with Crippen LogP contribution in [-0.4, -0.2) is 27.9 Å². The number of nitrogens with zero attached hydrogens (tertiary/aromatic N) is 1. The quantitative estimate of drug-likeness (QED) is 0.634. The van der Waals surface area contributed by atoms with Crippen LogP contribution in [0.5, 0.6) is 0 Å². The largest absolute Gasteiger partial charge is 0.480 e. The third-order valence-corrected chi connectivity index (χ3v) is 2.73. The molecule has 0 aliphatic rings. The molecule has 1 amide bonds. The monoisotopic (exact) mass is 286 g/mol. The van der Waals surface area contributed by atoms with E-state index in [9.17, 15) is 19.7 Å². The number of hydrogen-bond donors (Lipinski definition) is 2. The molecule has 0 aliphatic heterocycles. The van der Waals surface area contributed by atoms with Crippen LogP contribution in [0.25, 0.3) is 0 Å². The van der Waals surface area contributed by atoms with Crippen molar-refractivity contribution in [3.05, 3.63) is 38.9 Å². The van der Waals surface area contributed by atoms with Gasteiger partial charge in [0.1, 0.15) is 16.6 Å². The second-order valence-electron chi connectivity index (χ2n) is 3.67. The lowest BCUT2D eigenvalue weighted by molar-refractivity contribution is -0.385. The number of benzene rings is 1. The van der Waals surface area contributed by atoms with Gasteiger partial charge in [-0.15, -0.1) is 0 Å². The second kappa shape index (κ2) is 6.14. The van der Waals surface area contributed by atoms with E-state index in [4.69, 9.17) is 16.7 Å². The van der Waals surface area contributed by atoms with Gasteiger partial charge in [-0.2, -0.15) is 0 Å². The third kappa shape index (κ3) is 3.41. The third-order valence-electron chi connectivity index (χ3n) is 2.43. The predicted molar refractivity (Wildman–Crippen MR) is 67.3 cm³/mol. The smallest absolute Gasteiger partial charge is 0.326 e. The molecule has 7 nitrogen and oxygen atoms in total. The van der Waals surface area contributed by atoms with Gasteiger partial charge in [0.05, 0.1) is 4.92 Å². The molecule has 19 heavy (non-hydrogen) atoms. The molecule has 0 bridgehead atoms. The molecular weight excluding hydrogens is 276 g/mol. The molecule has 8 heteroatoms. The summed E-state index contributed by atoms with van der Waals surface area (Å²) in [6.07, 6.45) is 0.162. The maximum Gasteiger partial charge on any atom is 0.326 e. The van der Waals surface area contributed by atoms with Gasteiger partial charge in [0.15, 0.2) is 0 Å². The maximum absolute atomic E-state index is 11.9. The van der Waals surface area contributed by atoms with Crippen molar-refractivity contribution in [2.45, 2.75) is 19.4 Å². The van der Waals surface area contributed by atoms with Crippen molar-refractivity contribution >= 4 is 29.2 Å². The Balaban J connectivity index is 3.10. The standard InChI is InChI=1S/C11H11ClN2O5/c1-2-8(11(16)17)13-10(15)6-4-3-5-7(12)9(6)14(18)19/h3-5,8H,2H2,1H3,(H,13,15)(H,16,17). The van der Waals surface area contributed by atoms with E-state index in [1.165, 1.54) is 18.2 Å². The number of nitro benzene ring substituents is 1. The van der Waals surface area contributed by atoms with Crippen molar-refractivity contribution in [3.8, 4) is 0 Å². The first-order valence-electron chi connectivity index (χ1n) is 5.35. The van der Waals surface area contributed by atoms with Gasteiger partial charge in [-0.1, -0.05) is 24.6 Å². The summed E-state index contributed by atoms with van der Waals surface area (Å²) in [6, 6.07) is 2.77. The first-order valence-corrected chi connectivity index (χ1v) is 5.72. The number of rotatable bonds is 5. The Kier molecular flexibility index (Phi) is 4.82. The van der Waals surface area contributed by atoms with Gasteiger partial charge in [0.25, 0.3) is 5.91 Å². The lowest BCUT2D eigenvalue weighted by atomic mass is 10.1. The zero-order valence-corrected chi connectivity index (χ0v) is 10.7. The number of halogens is 1. The number of nitrogens with one attached hydrogen (secondary N) is 1. The fraction of sp³-hybridized carbons (Fsp3) is 0.273. The van der Waals surface area contributed by atoms with Crippen molar-refractivity contribution in [2.24, 2.45) is 0 Å². The average molecular weight is 287 g/mol. The van der Waals surface area contributed by atoms with Gasteiger partial charge >= 0.3 is 11.7 Å². The number of carboxylic acids is 1. The first-order chi connectivity index (χ1) is 8.88. The van der Waals surface area contributed by atoms with E-state index < -0.39 is 28.5 Å². The second-order valence-corrected chi connectivity index (χ2v) is 4.07. The highest BCUT2D eigenvalue weighted by Gasteiger charge is 2.26.